The van der Waals surface area contributed by atoms with E-state index in [0.717, 1.165) is 6.07 Å². The molecule has 0 unspecified atom stereocenters. The molecule has 18 heavy (non-hydrogen) atoms. The summed E-state index contributed by atoms with van der Waals surface area (Å²) in [6.07, 6.45) is 0.982. The molecule has 0 aliphatic heterocycles. The first-order valence-electron chi connectivity index (χ1n) is 5.45. The van der Waals surface area contributed by atoms with Crippen molar-refractivity contribution in [2.75, 3.05) is 6.61 Å². The van der Waals surface area contributed by atoms with Crippen molar-refractivity contribution < 1.29 is 17.9 Å². The maximum atomic E-state index is 13.5. The largest absolute Gasteiger partial charge is 0.396 e. The molecule has 1 rings (SSSR count). The number of benzene rings is 1. The average molecular weight is 340 g/mol. The predicted molar refractivity (Wildman–Crippen MR) is 70.2 cm³/mol. The minimum absolute atomic E-state index is 0.00266. The normalized spacial score (nSPS) is 13.6. The van der Waals surface area contributed by atoms with E-state index in [2.05, 4.69) is 20.7 Å². The van der Waals surface area contributed by atoms with Gasteiger partial charge in [-0.2, -0.15) is 0 Å². The molecule has 0 amide bonds. The third-order valence-corrected chi connectivity index (χ3v) is 4.43. The van der Waals surface area contributed by atoms with Gasteiger partial charge in [-0.1, -0.05) is 15.9 Å². The summed E-state index contributed by atoms with van der Waals surface area (Å²) in [6.45, 7) is 1.67. The van der Waals surface area contributed by atoms with Crippen LogP contribution in [0.3, 0.4) is 0 Å². The van der Waals surface area contributed by atoms with E-state index in [-0.39, 0.29) is 17.5 Å². The second kappa shape index (κ2) is 6.60. The van der Waals surface area contributed by atoms with Crippen molar-refractivity contribution in [1.29, 1.82) is 0 Å². The van der Waals surface area contributed by atoms with Crippen LogP contribution in [0.2, 0.25) is 0 Å². The number of rotatable bonds is 6. The lowest BCUT2D eigenvalue weighted by Crippen LogP contribution is -2.33. The van der Waals surface area contributed by atoms with Crippen molar-refractivity contribution in [3.8, 4) is 0 Å². The second-order valence-corrected chi connectivity index (χ2v) is 6.56. The van der Waals surface area contributed by atoms with Crippen LogP contribution >= 0.6 is 15.9 Å². The van der Waals surface area contributed by atoms with Crippen LogP contribution in [0.1, 0.15) is 19.8 Å². The van der Waals surface area contributed by atoms with Crippen LogP contribution in [-0.2, 0) is 10.0 Å². The zero-order chi connectivity index (χ0) is 13.8. The maximum absolute atomic E-state index is 13.5. The first-order chi connectivity index (χ1) is 8.36. The van der Waals surface area contributed by atoms with Crippen molar-refractivity contribution in [2.24, 2.45) is 0 Å². The van der Waals surface area contributed by atoms with Crippen LogP contribution in [0.4, 0.5) is 4.39 Å². The molecule has 4 nitrogen and oxygen atoms in total. The van der Waals surface area contributed by atoms with Crippen LogP contribution in [0, 0.1) is 5.82 Å². The molecule has 0 heterocycles. The topological polar surface area (TPSA) is 66.4 Å². The Morgan fingerprint density at radius 1 is 1.50 bits per heavy atom. The summed E-state index contributed by atoms with van der Waals surface area (Å²) in [5, 5.41) is 8.67. The number of aliphatic hydroxyl groups excluding tert-OH is 1. The molecule has 0 saturated carbocycles. The predicted octanol–water partition coefficient (Wildman–Crippen LogP) is 2.03. The molecule has 0 aliphatic carbocycles. The van der Waals surface area contributed by atoms with Crippen LogP contribution in [-0.4, -0.2) is 26.2 Å². The molecule has 0 spiro atoms. The molecule has 1 aromatic carbocycles. The Morgan fingerprint density at radius 3 is 2.78 bits per heavy atom. The molecule has 1 atom stereocenters. The highest BCUT2D eigenvalue weighted by atomic mass is 79.9. The number of nitrogens with one attached hydrogen (secondary N) is 1. The van der Waals surface area contributed by atoms with E-state index in [1.807, 2.05) is 0 Å². The fraction of sp³-hybridized carbons (Fsp3) is 0.455. The van der Waals surface area contributed by atoms with Gasteiger partial charge >= 0.3 is 0 Å². The third-order valence-electron chi connectivity index (χ3n) is 2.33. The van der Waals surface area contributed by atoms with Crippen molar-refractivity contribution in [3.05, 3.63) is 28.5 Å². The van der Waals surface area contributed by atoms with Gasteiger partial charge in [-0.15, -0.1) is 0 Å². The zero-order valence-corrected chi connectivity index (χ0v) is 12.3. The molecular formula is C11H15BrFNO3S. The van der Waals surface area contributed by atoms with E-state index in [9.17, 15) is 12.8 Å². The van der Waals surface area contributed by atoms with E-state index in [1.54, 1.807) is 6.92 Å². The highest BCUT2D eigenvalue weighted by Gasteiger charge is 2.21. The second-order valence-electron chi connectivity index (χ2n) is 3.96. The quantitative estimate of drug-likeness (QED) is 0.833. The van der Waals surface area contributed by atoms with Gasteiger partial charge in [0.05, 0.1) is 0 Å². The fourth-order valence-electron chi connectivity index (χ4n) is 1.47. The van der Waals surface area contributed by atoms with Crippen LogP contribution in [0.25, 0.3) is 0 Å². The highest BCUT2D eigenvalue weighted by molar-refractivity contribution is 9.10. The molecule has 0 fully saturated rings. The van der Waals surface area contributed by atoms with Gasteiger partial charge < -0.3 is 5.11 Å². The maximum Gasteiger partial charge on any atom is 0.243 e. The Balaban J connectivity index is 2.89. The number of aliphatic hydroxyl groups is 1. The smallest absolute Gasteiger partial charge is 0.243 e. The van der Waals surface area contributed by atoms with Crippen LogP contribution in [0.5, 0.6) is 0 Å². The summed E-state index contributed by atoms with van der Waals surface area (Å²) in [7, 11) is -3.88. The van der Waals surface area contributed by atoms with Crippen molar-refractivity contribution >= 4 is 26.0 Å². The van der Waals surface area contributed by atoms with E-state index in [4.69, 9.17) is 5.11 Å². The van der Waals surface area contributed by atoms with Crippen molar-refractivity contribution in [1.82, 2.24) is 4.72 Å². The number of hydrogen-bond donors (Lipinski definition) is 2. The molecule has 1 aromatic rings. The van der Waals surface area contributed by atoms with Gasteiger partial charge in [0.1, 0.15) is 10.7 Å². The summed E-state index contributed by atoms with van der Waals surface area (Å²) in [6, 6.07) is 3.39. The highest BCUT2D eigenvalue weighted by Crippen LogP contribution is 2.20. The molecule has 0 saturated heterocycles. The zero-order valence-electron chi connectivity index (χ0n) is 9.86. The summed E-state index contributed by atoms with van der Waals surface area (Å²) < 4.78 is 40.2. The first kappa shape index (κ1) is 15.6. The fourth-order valence-corrected chi connectivity index (χ4v) is 3.36. The number of hydrogen-bond acceptors (Lipinski definition) is 3. The van der Waals surface area contributed by atoms with Gasteiger partial charge in [0, 0.05) is 17.1 Å². The van der Waals surface area contributed by atoms with Gasteiger partial charge in [0.2, 0.25) is 10.0 Å². The average Bonchev–Trinajstić information content (AvgIpc) is 2.29. The SMILES string of the molecule is C[C@@H](CCCO)NS(=O)(=O)c1cc(Br)ccc1F. The Bertz CT molecular complexity index is 507. The van der Waals surface area contributed by atoms with Gasteiger partial charge in [-0.25, -0.2) is 17.5 Å². The van der Waals surface area contributed by atoms with E-state index in [0.29, 0.717) is 17.3 Å². The van der Waals surface area contributed by atoms with E-state index in [1.165, 1.54) is 12.1 Å². The Kier molecular flexibility index (Phi) is 5.71. The number of sulfonamides is 1. The van der Waals surface area contributed by atoms with Gasteiger partial charge in [-0.3, -0.25) is 0 Å². The minimum Gasteiger partial charge on any atom is -0.396 e. The molecule has 0 aliphatic rings. The lowest BCUT2D eigenvalue weighted by molar-refractivity contribution is 0.279. The van der Waals surface area contributed by atoms with Gasteiger partial charge in [0.25, 0.3) is 0 Å². The summed E-state index contributed by atoms with van der Waals surface area (Å²) in [5.74, 6) is -0.792. The molecular weight excluding hydrogens is 325 g/mol. The van der Waals surface area contributed by atoms with Gasteiger partial charge in [0.15, 0.2) is 0 Å². The Hall–Kier alpha value is -0.500. The molecule has 0 aromatic heterocycles. The molecule has 0 radical (unpaired) electrons. The Labute approximate surface area is 114 Å². The van der Waals surface area contributed by atoms with E-state index < -0.39 is 15.8 Å². The summed E-state index contributed by atoms with van der Waals surface area (Å²) in [4.78, 5) is -0.382. The molecule has 2 N–H and O–H groups in total. The van der Waals surface area contributed by atoms with Crippen LogP contribution < -0.4 is 4.72 Å². The first-order valence-corrected chi connectivity index (χ1v) is 7.72. The van der Waals surface area contributed by atoms with E-state index >= 15 is 0 Å². The third kappa shape index (κ3) is 4.31. The minimum atomic E-state index is -3.88. The molecule has 0 bridgehead atoms. The molecule has 102 valence electrons. The summed E-state index contributed by atoms with van der Waals surface area (Å²) >= 11 is 3.10. The number of halogens is 2. The van der Waals surface area contributed by atoms with Crippen molar-refractivity contribution in [2.45, 2.75) is 30.7 Å². The monoisotopic (exact) mass is 339 g/mol. The lowest BCUT2D eigenvalue weighted by Gasteiger charge is -2.14. The van der Waals surface area contributed by atoms with Crippen LogP contribution in [0.15, 0.2) is 27.6 Å². The lowest BCUT2D eigenvalue weighted by atomic mass is 10.2. The van der Waals surface area contributed by atoms with Gasteiger partial charge in [-0.05, 0) is 38.0 Å². The molecule has 7 heteroatoms. The van der Waals surface area contributed by atoms with Crippen molar-refractivity contribution in [3.63, 3.8) is 0 Å². The standard InChI is InChI=1S/C11H15BrFNO3S/c1-8(3-2-6-15)14-18(16,17)11-7-9(12)4-5-10(11)13/h4-5,7-8,14-15H,2-3,6H2,1H3/t8-/m0/s1. The summed E-state index contributed by atoms with van der Waals surface area (Å²) in [5.41, 5.74) is 0. The Morgan fingerprint density at radius 2 is 2.17 bits per heavy atom.